The van der Waals surface area contributed by atoms with Gasteiger partial charge in [0.1, 0.15) is 9.67 Å². The lowest BCUT2D eigenvalue weighted by Crippen LogP contribution is -2.36. The average molecular weight is 839 g/mol. The van der Waals surface area contributed by atoms with Gasteiger partial charge in [0.15, 0.2) is 0 Å². The Hall–Kier alpha value is 1.16. The van der Waals surface area contributed by atoms with Crippen molar-refractivity contribution < 1.29 is 0 Å². The van der Waals surface area contributed by atoms with Crippen LogP contribution in [0.2, 0.25) is 0 Å². The summed E-state index contributed by atoms with van der Waals surface area (Å²) in [5.41, 5.74) is -0.259. The van der Waals surface area contributed by atoms with Crippen LogP contribution in [0.25, 0.3) is 0 Å². The van der Waals surface area contributed by atoms with Crippen molar-refractivity contribution >= 4 is 46.4 Å². The van der Waals surface area contributed by atoms with Crippen molar-refractivity contribution in [2.24, 2.45) is 5.41 Å². The van der Waals surface area contributed by atoms with E-state index >= 15 is 0 Å². The molecule has 0 aromatic carbocycles. The van der Waals surface area contributed by atoms with Crippen LogP contribution in [0.3, 0.4) is 0 Å². The van der Waals surface area contributed by atoms with Gasteiger partial charge in [-0.25, -0.2) is 0 Å². The van der Waals surface area contributed by atoms with Crippen LogP contribution in [0.5, 0.6) is 0 Å². The van der Waals surface area contributed by atoms with Crippen LogP contribution < -0.4 is 0 Å². The predicted molar refractivity (Wildman–Crippen MR) is 250 cm³/mol. The molecule has 0 unspecified atom stereocenters. The predicted octanol–water partition coefficient (Wildman–Crippen LogP) is 20.9. The Morgan fingerprint density at radius 3 is 0.333 bits per heavy atom. The molecule has 8 fully saturated rings. The van der Waals surface area contributed by atoms with E-state index in [1.165, 1.54) is 276 Å². The third-order valence-corrected chi connectivity index (χ3v) is 14.9. The van der Waals surface area contributed by atoms with Crippen molar-refractivity contribution in [2.45, 2.75) is 311 Å². The van der Waals surface area contributed by atoms with E-state index in [2.05, 4.69) is 0 Å². The molecular formula is C50H96Cl4. The quantitative estimate of drug-likeness (QED) is 0.243. The van der Waals surface area contributed by atoms with Crippen LogP contribution in [0, 0.1) is 5.41 Å². The highest BCUT2D eigenvalue weighted by Gasteiger charge is 2.43. The molecule has 0 spiro atoms. The molecule has 0 saturated heterocycles. The lowest BCUT2D eigenvalue weighted by atomic mass is 9.77. The molecule has 0 aliphatic heterocycles. The summed E-state index contributed by atoms with van der Waals surface area (Å²) < 4.78 is 0. The molecular weight excluding hydrogens is 742 g/mol. The number of rotatable bonds is 2. The maximum atomic E-state index is 5.90. The van der Waals surface area contributed by atoms with E-state index in [0.717, 1.165) is 25.7 Å². The fraction of sp³-hybridized carbons (Fsp3) is 1.00. The molecule has 8 rings (SSSR count). The highest BCUT2D eigenvalue weighted by Crippen LogP contribution is 2.49. The summed E-state index contributed by atoms with van der Waals surface area (Å²) in [6, 6.07) is 0. The van der Waals surface area contributed by atoms with Crippen LogP contribution in [-0.2, 0) is 0 Å². The molecule has 0 heterocycles. The minimum Gasteiger partial charge on any atom is -0.105 e. The van der Waals surface area contributed by atoms with Gasteiger partial charge < -0.3 is 0 Å². The fourth-order valence-electron chi connectivity index (χ4n) is 9.17. The summed E-state index contributed by atoms with van der Waals surface area (Å²) in [6.45, 7) is 0. The number of alkyl halides is 4. The van der Waals surface area contributed by atoms with Crippen LogP contribution >= 0.6 is 46.4 Å². The van der Waals surface area contributed by atoms with E-state index in [1.807, 2.05) is 0 Å². The zero-order valence-electron chi connectivity index (χ0n) is 36.4. The second-order valence-corrected chi connectivity index (χ2v) is 20.4. The van der Waals surface area contributed by atoms with Crippen molar-refractivity contribution in [3.63, 3.8) is 0 Å². The summed E-state index contributed by atoms with van der Waals surface area (Å²) in [5.74, 6) is 0. The summed E-state index contributed by atoms with van der Waals surface area (Å²) in [5, 5.41) is 0. The summed E-state index contributed by atoms with van der Waals surface area (Å²) in [7, 11) is 0. The molecule has 8 saturated carbocycles. The van der Waals surface area contributed by atoms with Crippen molar-refractivity contribution in [3.05, 3.63) is 0 Å². The molecule has 0 bridgehead atoms. The largest absolute Gasteiger partial charge is 0.116 e. The molecule has 0 nitrogen and oxygen atoms in total. The Balaban J connectivity index is 0.000000313. The first kappa shape index (κ1) is 53.2. The van der Waals surface area contributed by atoms with Gasteiger partial charge >= 0.3 is 0 Å². The van der Waals surface area contributed by atoms with Crippen molar-refractivity contribution in [3.8, 4) is 0 Å². The highest BCUT2D eigenvalue weighted by molar-refractivity contribution is 6.49. The van der Waals surface area contributed by atoms with Gasteiger partial charge in [-0.1, -0.05) is 289 Å². The van der Waals surface area contributed by atoms with Crippen molar-refractivity contribution in [1.82, 2.24) is 0 Å². The Kier molecular flexibility index (Phi) is 41.6. The van der Waals surface area contributed by atoms with E-state index < -0.39 is 9.67 Å². The highest BCUT2D eigenvalue weighted by atomic mass is 35.5. The summed E-state index contributed by atoms with van der Waals surface area (Å²) in [6.07, 6.45) is 68.4. The van der Waals surface area contributed by atoms with E-state index in [9.17, 15) is 0 Å². The SMILES string of the molecule is C1CCCCC1.C1CCCCC1.C1CCCCC1.C1CCCCC1.C1CCCCC1.C1CCCCC1.C1CCCCC1.ClC(Cl)C1(C(Cl)Cl)CCCCC1. The van der Waals surface area contributed by atoms with Gasteiger partial charge in [0, 0.05) is 5.41 Å². The second kappa shape index (κ2) is 42.3. The van der Waals surface area contributed by atoms with Gasteiger partial charge in [-0.2, -0.15) is 0 Å². The minimum atomic E-state index is -0.446. The molecule has 4 heteroatoms. The maximum absolute atomic E-state index is 5.90. The topological polar surface area (TPSA) is 0 Å². The first-order chi connectivity index (χ1) is 26.6. The summed E-state index contributed by atoms with van der Waals surface area (Å²) in [4.78, 5) is -0.893. The summed E-state index contributed by atoms with van der Waals surface area (Å²) >= 11 is 23.6. The Bertz CT molecular complexity index is 466. The van der Waals surface area contributed by atoms with E-state index in [4.69, 9.17) is 46.4 Å². The Morgan fingerprint density at radius 2 is 0.259 bits per heavy atom. The third-order valence-electron chi connectivity index (χ3n) is 13.2. The Morgan fingerprint density at radius 1 is 0.167 bits per heavy atom. The third kappa shape index (κ3) is 34.1. The lowest BCUT2D eigenvalue weighted by Gasteiger charge is -2.39. The Labute approximate surface area is 361 Å². The normalized spacial score (nSPS) is 23.9. The van der Waals surface area contributed by atoms with Crippen LogP contribution in [0.15, 0.2) is 0 Å². The molecule has 324 valence electrons. The molecule has 0 N–H and O–H groups in total. The molecule has 0 atom stereocenters. The standard InChI is InChI=1S/C8H12Cl4.7C6H12/c9-6(10)8(7(11)12)4-2-1-3-5-8;7*1-2-4-6-5-3-1/h6-7H,1-5H2;7*1-6H2. The number of hydrogen-bond acceptors (Lipinski definition) is 0. The first-order valence-electron chi connectivity index (χ1n) is 25.2. The number of halogens is 4. The molecule has 0 amide bonds. The molecule has 0 aromatic heterocycles. The van der Waals surface area contributed by atoms with Gasteiger partial charge in [-0.15, -0.1) is 46.4 Å². The van der Waals surface area contributed by atoms with Crippen LogP contribution in [-0.4, -0.2) is 9.67 Å². The first-order valence-corrected chi connectivity index (χ1v) is 26.9. The zero-order chi connectivity index (χ0) is 38.9. The second-order valence-electron chi connectivity index (χ2n) is 18.2. The average Bonchev–Trinajstić information content (AvgIpc) is 3.29. The maximum Gasteiger partial charge on any atom is 0.116 e. The smallest absolute Gasteiger partial charge is 0.105 e. The van der Waals surface area contributed by atoms with Crippen LogP contribution in [0.1, 0.15) is 302 Å². The molecule has 0 aromatic rings. The van der Waals surface area contributed by atoms with Gasteiger partial charge in [0.25, 0.3) is 0 Å². The molecule has 8 aliphatic rings. The fourth-order valence-corrected chi connectivity index (χ4v) is 10.8. The van der Waals surface area contributed by atoms with Crippen molar-refractivity contribution in [2.75, 3.05) is 0 Å². The van der Waals surface area contributed by atoms with Gasteiger partial charge in [-0.3, -0.25) is 0 Å². The molecule has 0 radical (unpaired) electrons. The number of hydrogen-bond donors (Lipinski definition) is 0. The van der Waals surface area contributed by atoms with Gasteiger partial charge in [0.05, 0.1) is 0 Å². The van der Waals surface area contributed by atoms with Crippen molar-refractivity contribution in [1.29, 1.82) is 0 Å². The van der Waals surface area contributed by atoms with Crippen LogP contribution in [0.4, 0.5) is 0 Å². The zero-order valence-corrected chi connectivity index (χ0v) is 39.4. The van der Waals surface area contributed by atoms with E-state index in [0.29, 0.717) is 0 Å². The lowest BCUT2D eigenvalue weighted by molar-refractivity contribution is 0.226. The van der Waals surface area contributed by atoms with E-state index in [1.54, 1.807) is 0 Å². The monoisotopic (exact) mass is 837 g/mol. The minimum absolute atomic E-state index is 0.259. The molecule has 8 aliphatic carbocycles. The van der Waals surface area contributed by atoms with E-state index in [-0.39, 0.29) is 5.41 Å². The van der Waals surface area contributed by atoms with Gasteiger partial charge in [-0.05, 0) is 12.8 Å². The molecule has 54 heavy (non-hydrogen) atoms. The van der Waals surface area contributed by atoms with Gasteiger partial charge in [0.2, 0.25) is 0 Å².